The number of anilines is 1. The van der Waals surface area contributed by atoms with Gasteiger partial charge in [-0.1, -0.05) is 22.0 Å². The molecule has 1 aromatic carbocycles. The van der Waals surface area contributed by atoms with Crippen molar-refractivity contribution in [1.29, 1.82) is 0 Å². The molecule has 1 heterocycles. The molecule has 1 aromatic rings. The van der Waals surface area contributed by atoms with E-state index in [9.17, 15) is 13.2 Å². The second kappa shape index (κ2) is 5.73. The van der Waals surface area contributed by atoms with Crippen molar-refractivity contribution in [2.45, 2.75) is 43.7 Å². The summed E-state index contributed by atoms with van der Waals surface area (Å²) in [5.41, 5.74) is 0.461. The van der Waals surface area contributed by atoms with Crippen molar-refractivity contribution in [3.63, 3.8) is 0 Å². The Labute approximate surface area is 119 Å². The zero-order valence-electron chi connectivity index (χ0n) is 10.8. The fraction of sp³-hybridized carbons (Fsp3) is 0.571. The average molecular weight is 336 g/mol. The van der Waals surface area contributed by atoms with E-state index < -0.39 is 11.7 Å². The normalized spacial score (nSPS) is 20.7. The Morgan fingerprint density at radius 1 is 1.32 bits per heavy atom. The summed E-state index contributed by atoms with van der Waals surface area (Å²) >= 11 is 3.21. The van der Waals surface area contributed by atoms with Gasteiger partial charge in [-0.15, -0.1) is 0 Å². The third-order valence-corrected chi connectivity index (χ3v) is 4.28. The second-order valence-corrected chi connectivity index (χ2v) is 5.58. The Bertz CT molecular complexity index is 445. The number of hydrogen-bond acceptors (Lipinski definition) is 1. The predicted octanol–water partition coefficient (Wildman–Crippen LogP) is 4.98. The minimum Gasteiger partial charge on any atom is -0.368 e. The molecule has 5 heteroatoms. The van der Waals surface area contributed by atoms with Gasteiger partial charge < -0.3 is 4.90 Å². The van der Waals surface area contributed by atoms with E-state index in [0.29, 0.717) is 23.1 Å². The van der Waals surface area contributed by atoms with Crippen LogP contribution >= 0.6 is 15.9 Å². The summed E-state index contributed by atoms with van der Waals surface area (Å²) < 4.78 is 39.6. The molecule has 0 amide bonds. The number of nitrogens with zero attached hydrogens (tertiary/aromatic N) is 1. The highest BCUT2D eigenvalue weighted by Gasteiger charge is 2.36. The van der Waals surface area contributed by atoms with E-state index in [1.165, 1.54) is 6.07 Å². The van der Waals surface area contributed by atoms with Gasteiger partial charge in [-0.3, -0.25) is 0 Å². The van der Waals surface area contributed by atoms with Crippen molar-refractivity contribution in [2.75, 3.05) is 11.4 Å². The first-order valence-electron chi connectivity index (χ1n) is 6.46. The van der Waals surface area contributed by atoms with Crippen molar-refractivity contribution >= 4 is 21.6 Å². The van der Waals surface area contributed by atoms with E-state index in [4.69, 9.17) is 0 Å². The van der Waals surface area contributed by atoms with Gasteiger partial charge in [0.15, 0.2) is 0 Å². The minimum atomic E-state index is -4.30. The van der Waals surface area contributed by atoms with Crippen molar-refractivity contribution in [3.05, 3.63) is 29.3 Å². The van der Waals surface area contributed by atoms with Crippen LogP contribution in [0.2, 0.25) is 0 Å². The van der Waals surface area contributed by atoms with Crippen LogP contribution in [0.4, 0.5) is 18.9 Å². The van der Waals surface area contributed by atoms with Crippen LogP contribution in [0.3, 0.4) is 0 Å². The highest BCUT2D eigenvalue weighted by molar-refractivity contribution is 9.08. The van der Waals surface area contributed by atoms with Gasteiger partial charge in [0, 0.05) is 23.6 Å². The maximum Gasteiger partial charge on any atom is 0.418 e. The highest BCUT2D eigenvalue weighted by atomic mass is 79.9. The number of rotatable bonds is 2. The lowest BCUT2D eigenvalue weighted by atomic mass is 10.00. The first-order valence-corrected chi connectivity index (χ1v) is 7.58. The molecule has 0 saturated carbocycles. The van der Waals surface area contributed by atoms with Crippen LogP contribution in [-0.4, -0.2) is 12.6 Å². The maximum absolute atomic E-state index is 13.2. The van der Waals surface area contributed by atoms with Gasteiger partial charge in [-0.2, -0.15) is 13.2 Å². The molecule has 2 rings (SSSR count). The van der Waals surface area contributed by atoms with Gasteiger partial charge in [0.05, 0.1) is 5.56 Å². The average Bonchev–Trinajstić information content (AvgIpc) is 2.38. The zero-order chi connectivity index (χ0) is 14.0. The Hall–Kier alpha value is -0.710. The Balaban J connectivity index is 2.43. The largest absolute Gasteiger partial charge is 0.418 e. The molecule has 0 spiro atoms. The summed E-state index contributed by atoms with van der Waals surface area (Å²) in [6.07, 6.45) is -1.29. The molecule has 1 aliphatic heterocycles. The van der Waals surface area contributed by atoms with Crippen molar-refractivity contribution in [2.24, 2.45) is 0 Å². The van der Waals surface area contributed by atoms with Crippen molar-refractivity contribution in [1.82, 2.24) is 0 Å². The molecule has 1 saturated heterocycles. The SMILES string of the molecule is CC1CCCCN1c1ccc(CBr)cc1C(F)(F)F. The van der Waals surface area contributed by atoms with E-state index in [1.807, 2.05) is 11.8 Å². The van der Waals surface area contributed by atoms with Crippen LogP contribution in [0.5, 0.6) is 0 Å². The summed E-state index contributed by atoms with van der Waals surface area (Å²) in [6.45, 7) is 2.70. The van der Waals surface area contributed by atoms with Gasteiger partial charge in [0.2, 0.25) is 0 Å². The molecule has 1 aliphatic rings. The van der Waals surface area contributed by atoms with Crippen LogP contribution in [0.25, 0.3) is 0 Å². The first kappa shape index (κ1) is 14.7. The summed E-state index contributed by atoms with van der Waals surface area (Å²) in [5.74, 6) is 0. The molecule has 0 aromatic heterocycles. The molecule has 1 unspecified atom stereocenters. The van der Waals surface area contributed by atoms with Crippen LogP contribution < -0.4 is 4.90 Å². The van der Waals surface area contributed by atoms with Gasteiger partial charge in [-0.25, -0.2) is 0 Å². The third kappa shape index (κ3) is 3.25. The van der Waals surface area contributed by atoms with E-state index in [-0.39, 0.29) is 6.04 Å². The van der Waals surface area contributed by atoms with Gasteiger partial charge in [0.1, 0.15) is 0 Å². The molecular formula is C14H17BrF3N. The molecule has 106 valence electrons. The van der Waals surface area contributed by atoms with Crippen molar-refractivity contribution < 1.29 is 13.2 Å². The molecule has 0 bridgehead atoms. The molecule has 1 fully saturated rings. The topological polar surface area (TPSA) is 3.24 Å². The standard InChI is InChI=1S/C14H17BrF3N/c1-10-4-2-3-7-19(10)13-6-5-11(9-15)8-12(13)14(16,17)18/h5-6,8,10H,2-4,7,9H2,1H3. The van der Waals surface area contributed by atoms with E-state index in [2.05, 4.69) is 15.9 Å². The summed E-state index contributed by atoms with van der Waals surface area (Å²) in [4.78, 5) is 1.89. The Kier molecular flexibility index (Phi) is 4.43. The smallest absolute Gasteiger partial charge is 0.368 e. The predicted molar refractivity (Wildman–Crippen MR) is 74.7 cm³/mol. The fourth-order valence-electron chi connectivity index (χ4n) is 2.60. The number of piperidine rings is 1. The Morgan fingerprint density at radius 2 is 2.05 bits per heavy atom. The molecule has 1 nitrogen and oxygen atoms in total. The number of hydrogen-bond donors (Lipinski definition) is 0. The number of benzene rings is 1. The van der Waals surface area contributed by atoms with E-state index >= 15 is 0 Å². The minimum absolute atomic E-state index is 0.171. The van der Waals surface area contributed by atoms with Gasteiger partial charge in [0.25, 0.3) is 0 Å². The lowest BCUT2D eigenvalue weighted by Crippen LogP contribution is -2.38. The molecular weight excluding hydrogens is 319 g/mol. The fourth-order valence-corrected chi connectivity index (χ4v) is 2.95. The van der Waals surface area contributed by atoms with Crippen LogP contribution in [-0.2, 0) is 11.5 Å². The lowest BCUT2D eigenvalue weighted by molar-refractivity contribution is -0.137. The molecule has 1 atom stereocenters. The van der Waals surface area contributed by atoms with E-state index in [1.54, 1.807) is 12.1 Å². The number of halogens is 4. The van der Waals surface area contributed by atoms with Gasteiger partial charge in [-0.05, 0) is 43.9 Å². The first-order chi connectivity index (χ1) is 8.93. The molecule has 0 aliphatic carbocycles. The Morgan fingerprint density at radius 3 is 2.63 bits per heavy atom. The monoisotopic (exact) mass is 335 g/mol. The van der Waals surface area contributed by atoms with Crippen LogP contribution in [0.1, 0.15) is 37.3 Å². The van der Waals surface area contributed by atoms with E-state index in [0.717, 1.165) is 19.3 Å². The van der Waals surface area contributed by atoms with Crippen molar-refractivity contribution in [3.8, 4) is 0 Å². The second-order valence-electron chi connectivity index (χ2n) is 5.02. The molecule has 0 N–H and O–H groups in total. The zero-order valence-corrected chi connectivity index (χ0v) is 12.4. The summed E-state index contributed by atoms with van der Waals surface area (Å²) in [6, 6.07) is 4.80. The van der Waals surface area contributed by atoms with Gasteiger partial charge >= 0.3 is 6.18 Å². The van der Waals surface area contributed by atoms with Crippen LogP contribution in [0, 0.1) is 0 Å². The summed E-state index contributed by atoms with van der Waals surface area (Å²) in [7, 11) is 0. The maximum atomic E-state index is 13.2. The quantitative estimate of drug-likeness (QED) is 0.689. The molecule has 19 heavy (non-hydrogen) atoms. The molecule has 0 radical (unpaired) electrons. The summed E-state index contributed by atoms with van der Waals surface area (Å²) in [5, 5.41) is 0.436. The third-order valence-electron chi connectivity index (χ3n) is 3.63. The van der Waals surface area contributed by atoms with Crippen LogP contribution in [0.15, 0.2) is 18.2 Å². The lowest BCUT2D eigenvalue weighted by Gasteiger charge is -2.37. The highest BCUT2D eigenvalue weighted by Crippen LogP contribution is 2.39. The number of alkyl halides is 4.